The molecule has 0 aliphatic carbocycles. The van der Waals surface area contributed by atoms with Crippen LogP contribution in [0.15, 0.2) is 24.5 Å². The van der Waals surface area contributed by atoms with E-state index in [2.05, 4.69) is 50.5 Å². The number of piperidine rings is 1. The van der Waals surface area contributed by atoms with Crippen LogP contribution in [0.2, 0.25) is 0 Å². The Hall–Kier alpha value is -2.70. The molecule has 0 amide bonds. The van der Waals surface area contributed by atoms with E-state index in [1.807, 2.05) is 19.3 Å². The Morgan fingerprint density at radius 1 is 0.967 bits per heavy atom. The molecule has 7 heteroatoms. The fraction of sp³-hybridized carbons (Fsp3) is 0.565. The molecule has 2 aliphatic heterocycles. The van der Waals surface area contributed by atoms with Gasteiger partial charge in [-0.1, -0.05) is 0 Å². The summed E-state index contributed by atoms with van der Waals surface area (Å²) in [6.45, 7) is 10.6. The van der Waals surface area contributed by atoms with Crippen molar-refractivity contribution in [2.24, 2.45) is 0 Å². The summed E-state index contributed by atoms with van der Waals surface area (Å²) in [5, 5.41) is 8.60. The van der Waals surface area contributed by atoms with E-state index in [1.54, 1.807) is 0 Å². The van der Waals surface area contributed by atoms with Gasteiger partial charge in [-0.05, 0) is 64.7 Å². The number of aryl methyl sites for hydroxylation is 1. The zero-order chi connectivity index (χ0) is 20.7. The second-order valence-electron chi connectivity index (χ2n) is 8.97. The van der Waals surface area contributed by atoms with Crippen LogP contribution in [-0.4, -0.2) is 50.9 Å². The Morgan fingerprint density at radius 3 is 2.40 bits per heavy atom. The maximum atomic E-state index is 5.19. The molecule has 7 nitrogen and oxygen atoms in total. The normalized spacial score (nSPS) is 18.1. The van der Waals surface area contributed by atoms with Crippen LogP contribution in [0.4, 0.5) is 11.6 Å². The fourth-order valence-corrected chi connectivity index (χ4v) is 4.77. The SMILES string of the molecule is Cc1ccc(N2CCC(c3cc4c(ncn4C(C)C)c(N4CCCC4)n3)CC2)nn1. The van der Waals surface area contributed by atoms with Crippen LogP contribution in [0.5, 0.6) is 0 Å². The van der Waals surface area contributed by atoms with Crippen molar-refractivity contribution in [1.82, 2.24) is 24.7 Å². The van der Waals surface area contributed by atoms with E-state index < -0.39 is 0 Å². The largest absolute Gasteiger partial charge is 0.355 e. The zero-order valence-electron chi connectivity index (χ0n) is 18.3. The molecule has 3 aromatic rings. The molecule has 0 unspecified atom stereocenters. The zero-order valence-corrected chi connectivity index (χ0v) is 18.3. The molecule has 0 spiro atoms. The molecule has 158 valence electrons. The molecule has 0 N–H and O–H groups in total. The lowest BCUT2D eigenvalue weighted by molar-refractivity contribution is 0.492. The lowest BCUT2D eigenvalue weighted by atomic mass is 9.92. The lowest BCUT2D eigenvalue weighted by Crippen LogP contribution is -2.34. The van der Waals surface area contributed by atoms with Gasteiger partial charge in [-0.15, -0.1) is 5.10 Å². The summed E-state index contributed by atoms with van der Waals surface area (Å²) in [6, 6.07) is 6.81. The van der Waals surface area contributed by atoms with Crippen LogP contribution in [0, 0.1) is 6.92 Å². The highest BCUT2D eigenvalue weighted by atomic mass is 15.3. The molecular formula is C23H31N7. The molecular weight excluding hydrogens is 374 g/mol. The number of hydrogen-bond acceptors (Lipinski definition) is 6. The molecule has 2 saturated heterocycles. The second-order valence-corrected chi connectivity index (χ2v) is 8.97. The first-order valence-electron chi connectivity index (χ1n) is 11.3. The summed E-state index contributed by atoms with van der Waals surface area (Å²) >= 11 is 0. The average molecular weight is 406 g/mol. The third-order valence-corrected chi connectivity index (χ3v) is 6.55. The minimum Gasteiger partial charge on any atom is -0.355 e. The van der Waals surface area contributed by atoms with E-state index in [9.17, 15) is 0 Å². The maximum absolute atomic E-state index is 5.19. The standard InChI is InChI=1S/C23H31N7/c1-16(2)30-15-24-22-20(30)14-19(25-23(22)29-10-4-5-11-29)18-8-12-28(13-9-18)21-7-6-17(3)26-27-21/h6-7,14-16,18H,4-5,8-13H2,1-3H3. The van der Waals surface area contributed by atoms with E-state index in [-0.39, 0.29) is 0 Å². The van der Waals surface area contributed by atoms with Gasteiger partial charge in [0.25, 0.3) is 0 Å². The smallest absolute Gasteiger partial charge is 0.157 e. The van der Waals surface area contributed by atoms with Gasteiger partial charge in [0.2, 0.25) is 0 Å². The number of fused-ring (bicyclic) bond motifs is 1. The third kappa shape index (κ3) is 3.50. The quantitative estimate of drug-likeness (QED) is 0.651. The van der Waals surface area contributed by atoms with E-state index in [1.165, 1.54) is 24.1 Å². The van der Waals surface area contributed by atoms with Crippen LogP contribution >= 0.6 is 0 Å². The van der Waals surface area contributed by atoms with Gasteiger partial charge in [0.15, 0.2) is 11.6 Å². The molecule has 0 saturated carbocycles. The highest BCUT2D eigenvalue weighted by molar-refractivity contribution is 5.87. The van der Waals surface area contributed by atoms with Crippen molar-refractivity contribution in [1.29, 1.82) is 0 Å². The summed E-state index contributed by atoms with van der Waals surface area (Å²) < 4.78 is 2.29. The van der Waals surface area contributed by atoms with Crippen LogP contribution < -0.4 is 9.80 Å². The highest BCUT2D eigenvalue weighted by Gasteiger charge is 2.26. The van der Waals surface area contributed by atoms with Crippen molar-refractivity contribution in [3.05, 3.63) is 35.9 Å². The van der Waals surface area contributed by atoms with Gasteiger partial charge in [-0.3, -0.25) is 0 Å². The van der Waals surface area contributed by atoms with Crippen molar-refractivity contribution >= 4 is 22.7 Å². The van der Waals surface area contributed by atoms with Gasteiger partial charge in [-0.25, -0.2) is 9.97 Å². The van der Waals surface area contributed by atoms with E-state index in [0.717, 1.165) is 61.9 Å². The van der Waals surface area contributed by atoms with Crippen molar-refractivity contribution in [3.8, 4) is 0 Å². The molecule has 5 rings (SSSR count). The second kappa shape index (κ2) is 7.85. The Morgan fingerprint density at radius 2 is 1.73 bits per heavy atom. The Balaban J connectivity index is 1.44. The first kappa shape index (κ1) is 19.3. The first-order valence-corrected chi connectivity index (χ1v) is 11.3. The Bertz CT molecular complexity index is 1010. The number of anilines is 2. The van der Waals surface area contributed by atoms with Gasteiger partial charge < -0.3 is 14.4 Å². The molecule has 2 aliphatic rings. The van der Waals surface area contributed by atoms with Crippen LogP contribution in [0.25, 0.3) is 11.0 Å². The van der Waals surface area contributed by atoms with Gasteiger partial charge in [0, 0.05) is 43.8 Å². The monoisotopic (exact) mass is 405 g/mol. The summed E-state index contributed by atoms with van der Waals surface area (Å²) in [7, 11) is 0. The number of imidazole rings is 1. The molecule has 0 aromatic carbocycles. The van der Waals surface area contributed by atoms with Crippen LogP contribution in [0.1, 0.15) is 62.9 Å². The number of pyridine rings is 1. The van der Waals surface area contributed by atoms with Gasteiger partial charge in [-0.2, -0.15) is 5.10 Å². The summed E-state index contributed by atoms with van der Waals surface area (Å²) in [4.78, 5) is 14.7. The summed E-state index contributed by atoms with van der Waals surface area (Å²) in [5.41, 5.74) is 4.47. The third-order valence-electron chi connectivity index (χ3n) is 6.55. The van der Waals surface area contributed by atoms with Gasteiger partial charge in [0.1, 0.15) is 5.52 Å². The van der Waals surface area contributed by atoms with Gasteiger partial charge >= 0.3 is 0 Å². The topological polar surface area (TPSA) is 63.0 Å². The van der Waals surface area contributed by atoms with Crippen molar-refractivity contribution in [3.63, 3.8) is 0 Å². The summed E-state index contributed by atoms with van der Waals surface area (Å²) in [5.74, 6) is 2.55. The molecule has 0 atom stereocenters. The lowest BCUT2D eigenvalue weighted by Gasteiger charge is -2.32. The van der Waals surface area contributed by atoms with Crippen molar-refractivity contribution < 1.29 is 0 Å². The Labute approximate surface area is 178 Å². The van der Waals surface area contributed by atoms with Crippen molar-refractivity contribution in [2.75, 3.05) is 36.0 Å². The fourth-order valence-electron chi connectivity index (χ4n) is 4.77. The summed E-state index contributed by atoms with van der Waals surface area (Å²) in [6.07, 6.45) is 6.65. The Kier molecular flexibility index (Phi) is 5.05. The molecule has 2 fully saturated rings. The molecule has 5 heterocycles. The maximum Gasteiger partial charge on any atom is 0.157 e. The molecule has 3 aromatic heterocycles. The average Bonchev–Trinajstić information content (AvgIpc) is 3.44. The molecule has 0 radical (unpaired) electrons. The first-order chi connectivity index (χ1) is 14.6. The highest BCUT2D eigenvalue weighted by Crippen LogP contribution is 2.35. The number of nitrogens with zero attached hydrogens (tertiary/aromatic N) is 7. The minimum absolute atomic E-state index is 0.388. The van der Waals surface area contributed by atoms with Crippen molar-refractivity contribution in [2.45, 2.75) is 58.4 Å². The predicted molar refractivity (Wildman–Crippen MR) is 120 cm³/mol. The van der Waals surface area contributed by atoms with Gasteiger partial charge in [0.05, 0.1) is 17.5 Å². The van der Waals surface area contributed by atoms with Crippen LogP contribution in [-0.2, 0) is 0 Å². The van der Waals surface area contributed by atoms with E-state index in [0.29, 0.717) is 12.0 Å². The molecule has 0 bridgehead atoms. The minimum atomic E-state index is 0.388. The molecule has 30 heavy (non-hydrogen) atoms. The van der Waals surface area contributed by atoms with Crippen LogP contribution in [0.3, 0.4) is 0 Å². The number of hydrogen-bond donors (Lipinski definition) is 0. The number of aromatic nitrogens is 5. The van der Waals surface area contributed by atoms with E-state index in [4.69, 9.17) is 9.97 Å². The van der Waals surface area contributed by atoms with E-state index >= 15 is 0 Å². The number of rotatable bonds is 4. The predicted octanol–water partition coefficient (Wildman–Crippen LogP) is 4.09.